The van der Waals surface area contributed by atoms with E-state index in [2.05, 4.69) is 20.3 Å². The number of hydrogen-bond acceptors (Lipinski definition) is 5. The molecule has 1 saturated heterocycles. The third-order valence-corrected chi connectivity index (χ3v) is 4.84. The summed E-state index contributed by atoms with van der Waals surface area (Å²) in [5, 5.41) is 7.19. The average molecular weight is 383 g/mol. The van der Waals surface area contributed by atoms with Gasteiger partial charge in [-0.05, 0) is 31.2 Å². The van der Waals surface area contributed by atoms with Gasteiger partial charge in [0.05, 0.1) is 25.1 Å². The Morgan fingerprint density at radius 3 is 2.86 bits per heavy atom. The highest BCUT2D eigenvalue weighted by molar-refractivity contribution is 5.99. The predicted molar refractivity (Wildman–Crippen MR) is 103 cm³/mol. The highest BCUT2D eigenvalue weighted by Crippen LogP contribution is 2.23. The van der Waals surface area contributed by atoms with Crippen molar-refractivity contribution in [3.63, 3.8) is 0 Å². The second-order valence-corrected chi connectivity index (χ2v) is 6.67. The van der Waals surface area contributed by atoms with Gasteiger partial charge < -0.3 is 10.1 Å². The Kier molecular flexibility index (Phi) is 5.59. The van der Waals surface area contributed by atoms with Crippen molar-refractivity contribution in [3.05, 3.63) is 54.1 Å². The van der Waals surface area contributed by atoms with Gasteiger partial charge in [-0.3, -0.25) is 9.69 Å². The van der Waals surface area contributed by atoms with Crippen LogP contribution in [0.25, 0.3) is 16.9 Å². The van der Waals surface area contributed by atoms with Crippen molar-refractivity contribution < 1.29 is 13.9 Å². The molecule has 1 aliphatic rings. The molecule has 0 saturated carbocycles. The lowest BCUT2D eigenvalue weighted by atomic mass is 10.1. The van der Waals surface area contributed by atoms with Gasteiger partial charge in [0.15, 0.2) is 5.65 Å². The summed E-state index contributed by atoms with van der Waals surface area (Å²) in [6.07, 6.45) is 3.90. The average Bonchev–Trinajstić information content (AvgIpc) is 3.17. The summed E-state index contributed by atoms with van der Waals surface area (Å²) < 4.78 is 21.0. The lowest BCUT2D eigenvalue weighted by molar-refractivity contribution is 0.0374. The number of nitrogens with zero attached hydrogens (tertiary/aromatic N) is 4. The summed E-state index contributed by atoms with van der Waals surface area (Å²) in [6, 6.07) is 8.15. The summed E-state index contributed by atoms with van der Waals surface area (Å²) in [7, 11) is 0. The molecule has 1 fully saturated rings. The van der Waals surface area contributed by atoms with E-state index in [1.165, 1.54) is 16.8 Å². The second kappa shape index (κ2) is 8.45. The summed E-state index contributed by atoms with van der Waals surface area (Å²) in [6.45, 7) is 4.90. The number of hydrogen-bond donors (Lipinski definition) is 1. The quantitative estimate of drug-likeness (QED) is 0.659. The Balaban J connectivity index is 1.45. The van der Waals surface area contributed by atoms with E-state index in [-0.39, 0.29) is 11.7 Å². The maximum Gasteiger partial charge on any atom is 0.256 e. The molecule has 0 atom stereocenters. The van der Waals surface area contributed by atoms with Gasteiger partial charge in [0.25, 0.3) is 5.91 Å². The van der Waals surface area contributed by atoms with Crippen LogP contribution < -0.4 is 5.32 Å². The van der Waals surface area contributed by atoms with Crippen molar-refractivity contribution in [2.45, 2.75) is 6.42 Å². The summed E-state index contributed by atoms with van der Waals surface area (Å²) in [5.41, 5.74) is 1.75. The van der Waals surface area contributed by atoms with Crippen molar-refractivity contribution in [2.75, 3.05) is 39.4 Å². The lowest BCUT2D eigenvalue weighted by Crippen LogP contribution is -2.38. The third kappa shape index (κ3) is 3.88. The molecule has 3 aromatic rings. The number of nitrogens with one attached hydrogen (secondary N) is 1. The van der Waals surface area contributed by atoms with E-state index < -0.39 is 0 Å². The smallest absolute Gasteiger partial charge is 0.256 e. The van der Waals surface area contributed by atoms with Gasteiger partial charge in [0.1, 0.15) is 11.4 Å². The summed E-state index contributed by atoms with van der Waals surface area (Å²) >= 11 is 0. The molecule has 8 heteroatoms. The van der Waals surface area contributed by atoms with Gasteiger partial charge in [0, 0.05) is 31.4 Å². The Morgan fingerprint density at radius 2 is 2.04 bits per heavy atom. The normalized spacial score (nSPS) is 15.0. The molecule has 0 aliphatic carbocycles. The van der Waals surface area contributed by atoms with Crippen LogP contribution in [0.15, 0.2) is 42.7 Å². The number of aromatic nitrogens is 3. The fourth-order valence-electron chi connectivity index (χ4n) is 3.35. The van der Waals surface area contributed by atoms with E-state index in [1.807, 2.05) is 0 Å². The Bertz CT molecular complexity index is 968. The molecule has 28 heavy (non-hydrogen) atoms. The number of fused-ring (bicyclic) bond motifs is 1. The number of carbonyl (C=O) groups is 1. The standard InChI is InChI=1S/C20H22FN5O2/c21-17-5-2-1-4-15(17)18-6-8-22-19-16(14-24-26(18)19)20(27)23-7-3-9-25-10-12-28-13-11-25/h1-2,4-6,8,14H,3,7,9-13H2,(H,23,27). The molecule has 1 aromatic carbocycles. The first-order valence-corrected chi connectivity index (χ1v) is 9.40. The van der Waals surface area contributed by atoms with E-state index in [9.17, 15) is 9.18 Å². The van der Waals surface area contributed by atoms with E-state index in [4.69, 9.17) is 4.74 Å². The second-order valence-electron chi connectivity index (χ2n) is 6.67. The molecule has 4 rings (SSSR count). The van der Waals surface area contributed by atoms with Gasteiger partial charge in [-0.1, -0.05) is 12.1 Å². The maximum atomic E-state index is 14.2. The lowest BCUT2D eigenvalue weighted by Gasteiger charge is -2.26. The van der Waals surface area contributed by atoms with Crippen LogP contribution in [0.2, 0.25) is 0 Å². The van der Waals surface area contributed by atoms with Crippen LogP contribution in [-0.2, 0) is 4.74 Å². The molecular weight excluding hydrogens is 361 g/mol. The van der Waals surface area contributed by atoms with Crippen molar-refractivity contribution in [1.29, 1.82) is 0 Å². The van der Waals surface area contributed by atoms with Crippen LogP contribution in [0, 0.1) is 5.82 Å². The molecule has 0 spiro atoms. The van der Waals surface area contributed by atoms with Crippen LogP contribution in [0.1, 0.15) is 16.8 Å². The van der Waals surface area contributed by atoms with Gasteiger partial charge in [-0.25, -0.2) is 13.9 Å². The third-order valence-electron chi connectivity index (χ3n) is 4.84. The molecule has 146 valence electrons. The number of rotatable bonds is 6. The molecule has 0 bridgehead atoms. The zero-order valence-electron chi connectivity index (χ0n) is 15.5. The maximum absolute atomic E-state index is 14.2. The largest absolute Gasteiger partial charge is 0.379 e. The SMILES string of the molecule is O=C(NCCCN1CCOCC1)c1cnn2c(-c3ccccc3F)ccnc12. The van der Waals surface area contributed by atoms with E-state index in [0.717, 1.165) is 39.3 Å². The van der Waals surface area contributed by atoms with Crippen molar-refractivity contribution in [1.82, 2.24) is 24.8 Å². The van der Waals surface area contributed by atoms with Crippen LogP contribution in [-0.4, -0.2) is 64.8 Å². The molecule has 0 unspecified atom stereocenters. The zero-order chi connectivity index (χ0) is 19.3. The number of morpholine rings is 1. The molecule has 1 N–H and O–H groups in total. The number of halogens is 1. The monoisotopic (exact) mass is 383 g/mol. The fourth-order valence-corrected chi connectivity index (χ4v) is 3.35. The number of benzene rings is 1. The van der Waals surface area contributed by atoms with E-state index >= 15 is 0 Å². The minimum Gasteiger partial charge on any atom is -0.379 e. The first kappa shape index (κ1) is 18.5. The van der Waals surface area contributed by atoms with Crippen LogP contribution >= 0.6 is 0 Å². The van der Waals surface area contributed by atoms with Crippen molar-refractivity contribution in [2.24, 2.45) is 0 Å². The van der Waals surface area contributed by atoms with Gasteiger partial charge in [-0.2, -0.15) is 5.10 Å². The molecule has 2 aromatic heterocycles. The first-order valence-electron chi connectivity index (χ1n) is 9.40. The zero-order valence-corrected chi connectivity index (χ0v) is 15.5. The number of ether oxygens (including phenoxy) is 1. The van der Waals surface area contributed by atoms with E-state index in [0.29, 0.717) is 29.0 Å². The molecule has 1 amide bonds. The Morgan fingerprint density at radius 1 is 1.21 bits per heavy atom. The van der Waals surface area contributed by atoms with E-state index in [1.54, 1.807) is 30.5 Å². The van der Waals surface area contributed by atoms with Gasteiger partial charge >= 0.3 is 0 Å². The predicted octanol–water partition coefficient (Wildman–Crippen LogP) is 1.99. The summed E-state index contributed by atoms with van der Waals surface area (Å²) in [4.78, 5) is 19.2. The van der Waals surface area contributed by atoms with Crippen molar-refractivity contribution in [3.8, 4) is 11.3 Å². The van der Waals surface area contributed by atoms with Crippen molar-refractivity contribution >= 4 is 11.6 Å². The minimum atomic E-state index is -0.348. The fraction of sp³-hybridized carbons (Fsp3) is 0.350. The van der Waals surface area contributed by atoms with Gasteiger partial charge in [0.2, 0.25) is 0 Å². The topological polar surface area (TPSA) is 71.8 Å². The summed E-state index contributed by atoms with van der Waals surface area (Å²) in [5.74, 6) is -0.574. The molecular formula is C20H22FN5O2. The molecule has 0 radical (unpaired) electrons. The van der Waals surface area contributed by atoms with Gasteiger partial charge in [-0.15, -0.1) is 0 Å². The van der Waals surface area contributed by atoms with Crippen LogP contribution in [0.5, 0.6) is 0 Å². The number of carbonyl (C=O) groups excluding carboxylic acids is 1. The molecule has 3 heterocycles. The first-order chi connectivity index (χ1) is 13.7. The Labute approximate surface area is 162 Å². The molecule has 1 aliphatic heterocycles. The van der Waals surface area contributed by atoms with Crippen LogP contribution in [0.4, 0.5) is 4.39 Å². The minimum absolute atomic E-state index is 0.227. The Hall–Kier alpha value is -2.84. The molecule has 7 nitrogen and oxygen atoms in total. The highest BCUT2D eigenvalue weighted by atomic mass is 19.1. The van der Waals surface area contributed by atoms with Crippen LogP contribution in [0.3, 0.4) is 0 Å². The highest BCUT2D eigenvalue weighted by Gasteiger charge is 2.17. The number of amides is 1.